The highest BCUT2D eigenvalue weighted by molar-refractivity contribution is 5.90. The molecule has 0 saturated heterocycles. The molecule has 3 rings (SSSR count). The maximum absolute atomic E-state index is 12.1. The lowest BCUT2D eigenvalue weighted by Crippen LogP contribution is -2.15. The molecule has 0 radical (unpaired) electrons. The first kappa shape index (κ1) is 15.9. The van der Waals surface area contributed by atoms with Gasteiger partial charge < -0.3 is 5.32 Å². The van der Waals surface area contributed by atoms with Gasteiger partial charge in [-0.25, -0.2) is 9.97 Å². The van der Waals surface area contributed by atoms with Gasteiger partial charge in [0.05, 0.1) is 17.6 Å². The van der Waals surface area contributed by atoms with Gasteiger partial charge in [0, 0.05) is 12.0 Å². The van der Waals surface area contributed by atoms with Crippen molar-refractivity contribution in [3.05, 3.63) is 78.1 Å². The second-order valence-electron chi connectivity index (χ2n) is 5.59. The molecule has 0 unspecified atom stereocenters. The number of hydrogen-bond acceptors (Lipinski definition) is 3. The van der Waals surface area contributed by atoms with E-state index in [-0.39, 0.29) is 5.91 Å². The van der Waals surface area contributed by atoms with Crippen LogP contribution in [0.4, 0.5) is 5.82 Å². The minimum Gasteiger partial charge on any atom is -0.309 e. The average molecular weight is 317 g/mol. The number of benzene rings is 2. The van der Waals surface area contributed by atoms with Crippen LogP contribution in [0.3, 0.4) is 0 Å². The van der Waals surface area contributed by atoms with Crippen molar-refractivity contribution >= 4 is 11.7 Å². The number of anilines is 1. The van der Waals surface area contributed by atoms with Gasteiger partial charge in [0.2, 0.25) is 5.91 Å². The molecule has 0 saturated carbocycles. The number of hydrogen-bond donors (Lipinski definition) is 1. The second kappa shape index (κ2) is 7.51. The molecule has 1 amide bonds. The molecule has 1 N–H and O–H groups in total. The lowest BCUT2D eigenvalue weighted by molar-refractivity contribution is -0.116. The molecule has 1 aromatic heterocycles. The molecular weight excluding hydrogens is 298 g/mol. The molecule has 120 valence electrons. The molecule has 0 aliphatic heterocycles. The summed E-state index contributed by atoms with van der Waals surface area (Å²) in [7, 11) is 0. The van der Waals surface area contributed by atoms with Gasteiger partial charge in [0.1, 0.15) is 0 Å². The summed E-state index contributed by atoms with van der Waals surface area (Å²) in [6.07, 6.45) is 2.82. The summed E-state index contributed by atoms with van der Waals surface area (Å²) in [4.78, 5) is 21.0. The van der Waals surface area contributed by atoms with E-state index in [1.54, 1.807) is 6.20 Å². The third-order valence-corrected chi connectivity index (χ3v) is 3.76. The van der Waals surface area contributed by atoms with Gasteiger partial charge in [-0.05, 0) is 18.9 Å². The van der Waals surface area contributed by atoms with Crippen LogP contribution in [-0.2, 0) is 11.2 Å². The Kier molecular flexibility index (Phi) is 4.96. The Morgan fingerprint density at radius 1 is 1.00 bits per heavy atom. The fourth-order valence-electron chi connectivity index (χ4n) is 2.45. The van der Waals surface area contributed by atoms with E-state index in [0.717, 1.165) is 16.8 Å². The smallest absolute Gasteiger partial charge is 0.225 e. The molecule has 0 aliphatic carbocycles. The molecule has 0 spiro atoms. The maximum Gasteiger partial charge on any atom is 0.225 e. The number of amides is 1. The van der Waals surface area contributed by atoms with Crippen LogP contribution in [0.5, 0.6) is 0 Å². The SMILES string of the molecule is Cc1nc(-c2ccccc2)cnc1NC(=O)CCc1ccccc1. The molecule has 4 nitrogen and oxygen atoms in total. The van der Waals surface area contributed by atoms with Crippen LogP contribution < -0.4 is 5.32 Å². The van der Waals surface area contributed by atoms with Crippen molar-refractivity contribution in [2.45, 2.75) is 19.8 Å². The Balaban J connectivity index is 1.64. The molecule has 3 aromatic rings. The number of nitrogens with one attached hydrogen (secondary N) is 1. The first-order valence-corrected chi connectivity index (χ1v) is 7.95. The van der Waals surface area contributed by atoms with Gasteiger partial charge >= 0.3 is 0 Å². The minimum absolute atomic E-state index is 0.0521. The number of carbonyl (C=O) groups is 1. The lowest BCUT2D eigenvalue weighted by atomic mass is 10.1. The number of carbonyl (C=O) groups excluding carboxylic acids is 1. The van der Waals surface area contributed by atoms with Gasteiger partial charge in [-0.3, -0.25) is 4.79 Å². The number of rotatable bonds is 5. The van der Waals surface area contributed by atoms with Crippen LogP contribution >= 0.6 is 0 Å². The van der Waals surface area contributed by atoms with Gasteiger partial charge in [0.15, 0.2) is 5.82 Å². The van der Waals surface area contributed by atoms with E-state index in [9.17, 15) is 4.79 Å². The van der Waals surface area contributed by atoms with Crippen molar-refractivity contribution in [1.82, 2.24) is 9.97 Å². The first-order valence-electron chi connectivity index (χ1n) is 7.95. The average Bonchev–Trinajstić information content (AvgIpc) is 2.63. The predicted molar refractivity (Wildman–Crippen MR) is 95.6 cm³/mol. The maximum atomic E-state index is 12.1. The summed E-state index contributed by atoms with van der Waals surface area (Å²) in [6, 6.07) is 19.8. The molecule has 1 heterocycles. The van der Waals surface area contributed by atoms with Crippen LogP contribution in [0.2, 0.25) is 0 Å². The second-order valence-corrected chi connectivity index (χ2v) is 5.59. The van der Waals surface area contributed by atoms with Crippen molar-refractivity contribution < 1.29 is 4.79 Å². The van der Waals surface area contributed by atoms with Gasteiger partial charge in [-0.2, -0.15) is 0 Å². The lowest BCUT2D eigenvalue weighted by Gasteiger charge is -2.09. The third kappa shape index (κ3) is 4.04. The van der Waals surface area contributed by atoms with E-state index in [4.69, 9.17) is 0 Å². The topological polar surface area (TPSA) is 54.9 Å². The van der Waals surface area contributed by atoms with Crippen LogP contribution in [0, 0.1) is 6.92 Å². The minimum atomic E-state index is -0.0521. The summed E-state index contributed by atoms with van der Waals surface area (Å²) in [5.41, 5.74) is 3.67. The van der Waals surface area contributed by atoms with E-state index in [1.807, 2.05) is 67.6 Å². The predicted octanol–water partition coefficient (Wildman–Crippen LogP) is 4.02. The first-order chi connectivity index (χ1) is 11.7. The fraction of sp³-hybridized carbons (Fsp3) is 0.150. The zero-order valence-electron chi connectivity index (χ0n) is 13.6. The standard InChI is InChI=1S/C20H19N3O/c1-15-20(21-14-18(22-15)17-10-6-3-7-11-17)23-19(24)13-12-16-8-4-2-5-9-16/h2-11,14H,12-13H2,1H3,(H,21,23,24). The van der Waals surface area contributed by atoms with Crippen molar-refractivity contribution in [3.8, 4) is 11.3 Å². The quantitative estimate of drug-likeness (QED) is 0.773. The number of aromatic nitrogens is 2. The van der Waals surface area contributed by atoms with E-state index >= 15 is 0 Å². The van der Waals surface area contributed by atoms with Gasteiger partial charge in [0.25, 0.3) is 0 Å². The number of nitrogens with zero attached hydrogens (tertiary/aromatic N) is 2. The Bertz CT molecular complexity index is 817. The van der Waals surface area contributed by atoms with Crippen molar-refractivity contribution in [2.24, 2.45) is 0 Å². The molecule has 0 aliphatic rings. The fourth-order valence-corrected chi connectivity index (χ4v) is 2.45. The Morgan fingerprint density at radius 2 is 1.67 bits per heavy atom. The summed E-state index contributed by atoms with van der Waals surface area (Å²) >= 11 is 0. The van der Waals surface area contributed by atoms with E-state index < -0.39 is 0 Å². The molecule has 0 bridgehead atoms. The van der Waals surface area contributed by atoms with Crippen LogP contribution in [0.15, 0.2) is 66.9 Å². The summed E-state index contributed by atoms with van der Waals surface area (Å²) < 4.78 is 0. The molecule has 0 atom stereocenters. The highest BCUT2D eigenvalue weighted by Gasteiger charge is 2.09. The molecule has 4 heteroatoms. The Labute approximate surface area is 141 Å². The van der Waals surface area contributed by atoms with E-state index in [2.05, 4.69) is 15.3 Å². The monoisotopic (exact) mass is 317 g/mol. The van der Waals surface area contributed by atoms with Gasteiger partial charge in [-0.1, -0.05) is 60.7 Å². The van der Waals surface area contributed by atoms with Crippen molar-refractivity contribution in [1.29, 1.82) is 0 Å². The van der Waals surface area contributed by atoms with Gasteiger partial charge in [-0.15, -0.1) is 0 Å². The largest absolute Gasteiger partial charge is 0.309 e. The van der Waals surface area contributed by atoms with E-state index in [1.165, 1.54) is 0 Å². The zero-order valence-corrected chi connectivity index (χ0v) is 13.6. The van der Waals surface area contributed by atoms with E-state index in [0.29, 0.717) is 24.4 Å². The normalized spacial score (nSPS) is 10.4. The van der Waals surface area contributed by atoms with Crippen LogP contribution in [0.1, 0.15) is 17.7 Å². The highest BCUT2D eigenvalue weighted by Crippen LogP contribution is 2.18. The Hall–Kier alpha value is -3.01. The molecule has 24 heavy (non-hydrogen) atoms. The van der Waals surface area contributed by atoms with Crippen LogP contribution in [-0.4, -0.2) is 15.9 Å². The molecule has 2 aromatic carbocycles. The summed E-state index contributed by atoms with van der Waals surface area (Å²) in [5.74, 6) is 0.469. The highest BCUT2D eigenvalue weighted by atomic mass is 16.1. The van der Waals surface area contributed by atoms with Crippen LogP contribution in [0.25, 0.3) is 11.3 Å². The van der Waals surface area contributed by atoms with Crippen molar-refractivity contribution in [3.63, 3.8) is 0 Å². The molecule has 0 fully saturated rings. The summed E-state index contributed by atoms with van der Waals surface area (Å²) in [5, 5.41) is 2.85. The Morgan fingerprint density at radius 3 is 2.33 bits per heavy atom. The summed E-state index contributed by atoms with van der Waals surface area (Å²) in [6.45, 7) is 1.85. The third-order valence-electron chi connectivity index (χ3n) is 3.76. The molecular formula is C20H19N3O. The number of aryl methyl sites for hydroxylation is 2. The van der Waals surface area contributed by atoms with Crippen molar-refractivity contribution in [2.75, 3.05) is 5.32 Å². The zero-order chi connectivity index (χ0) is 16.8.